The van der Waals surface area contributed by atoms with Crippen molar-refractivity contribution in [2.24, 2.45) is 5.92 Å². The van der Waals surface area contributed by atoms with Crippen LogP contribution in [0, 0.1) is 18.7 Å². The lowest BCUT2D eigenvalue weighted by atomic mass is 10.1. The highest BCUT2D eigenvalue weighted by Gasteiger charge is 2.36. The van der Waals surface area contributed by atoms with Gasteiger partial charge in [-0.15, -0.1) is 0 Å². The largest absolute Gasteiger partial charge is 0.329 e. The molecule has 0 saturated carbocycles. The zero-order chi connectivity index (χ0) is 20.4. The van der Waals surface area contributed by atoms with E-state index >= 15 is 0 Å². The highest BCUT2D eigenvalue weighted by Crippen LogP contribution is 2.28. The Balaban J connectivity index is 0.00000256. The average molecular weight is 394 g/mol. The molecule has 0 unspecified atom stereocenters. The Morgan fingerprint density at radius 3 is 2.66 bits per heavy atom. The molecule has 1 N–H and O–H groups in total. The van der Waals surface area contributed by atoms with Gasteiger partial charge in [0.2, 0.25) is 11.9 Å². The van der Waals surface area contributed by atoms with Crippen molar-refractivity contribution >= 4 is 17.5 Å². The van der Waals surface area contributed by atoms with Crippen molar-refractivity contribution < 1.29 is 10.6 Å². The molecule has 0 aliphatic carbocycles. The molecule has 0 radical (unpaired) electrons. The first-order chi connectivity index (χ1) is 14.0. The number of hydrogen-bond donors (Lipinski definition) is 1. The van der Waals surface area contributed by atoms with Crippen LogP contribution in [0.3, 0.4) is 0 Å². The van der Waals surface area contributed by atoms with E-state index in [9.17, 15) is 9.18 Å². The first kappa shape index (κ1) is 18.9. The molecule has 0 spiro atoms. The van der Waals surface area contributed by atoms with Crippen LogP contribution in [0.4, 0.5) is 16.0 Å². The maximum absolute atomic E-state index is 13.1. The van der Waals surface area contributed by atoms with Gasteiger partial charge in [-0.3, -0.25) is 4.79 Å². The molecule has 2 atom stereocenters. The maximum Gasteiger partial charge on any atom is 0.247 e. The fourth-order valence-corrected chi connectivity index (χ4v) is 3.57. The molecule has 1 aromatic carbocycles. The van der Waals surface area contributed by atoms with Crippen LogP contribution in [0.5, 0.6) is 0 Å². The van der Waals surface area contributed by atoms with Crippen LogP contribution >= 0.6 is 0 Å². The van der Waals surface area contributed by atoms with Crippen molar-refractivity contribution in [2.75, 3.05) is 16.8 Å². The molecule has 1 saturated heterocycles. The van der Waals surface area contributed by atoms with Gasteiger partial charge in [0, 0.05) is 31.6 Å². The van der Waals surface area contributed by atoms with Gasteiger partial charge in [-0.1, -0.05) is 13.0 Å². The summed E-state index contributed by atoms with van der Waals surface area (Å²) in [6, 6.07) is 6.93. The van der Waals surface area contributed by atoms with E-state index in [1.54, 1.807) is 18.5 Å². The Hall–Kier alpha value is -3.42. The van der Waals surface area contributed by atoms with Crippen molar-refractivity contribution in [3.8, 4) is 11.4 Å². The van der Waals surface area contributed by atoms with E-state index in [1.165, 1.54) is 0 Å². The monoisotopic (exact) mass is 394 g/mol. The predicted octanol–water partition coefficient (Wildman–Crippen LogP) is 3.48. The van der Waals surface area contributed by atoms with E-state index < -0.39 is 5.82 Å². The quantitative estimate of drug-likeness (QED) is 0.729. The molecule has 3 aromatic rings. The van der Waals surface area contributed by atoms with E-state index in [-0.39, 0.29) is 13.4 Å². The van der Waals surface area contributed by atoms with Crippen LogP contribution < -0.4 is 10.2 Å². The lowest BCUT2D eigenvalue weighted by Gasteiger charge is -2.23. The van der Waals surface area contributed by atoms with Crippen molar-refractivity contribution in [1.82, 2.24) is 19.9 Å². The molecule has 3 heterocycles. The van der Waals surface area contributed by atoms with Crippen LogP contribution in [-0.4, -0.2) is 38.4 Å². The fourth-order valence-electron chi connectivity index (χ4n) is 3.57. The Morgan fingerprint density at radius 2 is 1.93 bits per heavy atom. The molecule has 4 rings (SSSR count). The van der Waals surface area contributed by atoms with Crippen LogP contribution in [0.2, 0.25) is 0 Å². The topological polar surface area (TPSA) is 83.9 Å². The Bertz CT molecular complexity index is 1020. The molecule has 7 nitrogen and oxygen atoms in total. The lowest BCUT2D eigenvalue weighted by Crippen LogP contribution is -2.40. The number of rotatable bonds is 4. The molecule has 29 heavy (non-hydrogen) atoms. The summed E-state index contributed by atoms with van der Waals surface area (Å²) in [5.74, 6) is 0.719. The number of benzene rings is 1. The second kappa shape index (κ2) is 7.90. The van der Waals surface area contributed by atoms with Gasteiger partial charge < -0.3 is 10.2 Å². The van der Waals surface area contributed by atoms with Gasteiger partial charge in [-0.05, 0) is 43.0 Å². The molecule has 0 bridgehead atoms. The van der Waals surface area contributed by atoms with Gasteiger partial charge in [-0.2, -0.15) is 0 Å². The number of anilines is 2. The Kier molecular flexibility index (Phi) is 5.16. The molecule has 2 aromatic heterocycles. The zero-order valence-electron chi connectivity index (χ0n) is 16.2. The highest BCUT2D eigenvalue weighted by molar-refractivity contribution is 5.97. The molecule has 1 amide bonds. The SMILES string of the molecule is Cc1ccc(NC(=O)[C@@H]2C[C@H](C)CN2c2ncccn2)cc1-c1ncc(F)cn1.[HH]. The summed E-state index contributed by atoms with van der Waals surface area (Å²) in [6.07, 6.45) is 6.34. The molecular formula is C21H23FN6O. The fraction of sp³-hybridized carbons (Fsp3) is 0.286. The van der Waals surface area contributed by atoms with E-state index in [0.29, 0.717) is 23.4 Å². The number of aromatic nitrogens is 4. The number of nitrogens with one attached hydrogen (secondary N) is 1. The molecular weight excluding hydrogens is 371 g/mol. The first-order valence-corrected chi connectivity index (χ1v) is 9.44. The standard InChI is InChI=1S/C21H21FN6O.H2/c1-13-8-18(28(12-13)21-23-6-3-7-24-21)20(29)27-16-5-4-14(2)17(9-16)19-25-10-15(22)11-26-19;/h3-7,9-11,13,18H,8,12H2,1-2H3,(H,27,29);1H/t13-,18-;/m0./s1. The van der Waals surface area contributed by atoms with E-state index in [1.807, 2.05) is 30.0 Å². The minimum atomic E-state index is -0.491. The minimum Gasteiger partial charge on any atom is -0.329 e. The third-order valence-electron chi connectivity index (χ3n) is 4.99. The van der Waals surface area contributed by atoms with Gasteiger partial charge in [-0.25, -0.2) is 24.3 Å². The normalized spacial score (nSPS) is 18.7. The number of hydrogen-bond acceptors (Lipinski definition) is 6. The van der Waals surface area contributed by atoms with Gasteiger partial charge in [0.15, 0.2) is 11.6 Å². The smallest absolute Gasteiger partial charge is 0.247 e. The van der Waals surface area contributed by atoms with Crippen molar-refractivity contribution in [3.05, 3.63) is 60.4 Å². The number of nitrogens with zero attached hydrogens (tertiary/aromatic N) is 5. The number of carbonyl (C=O) groups is 1. The zero-order valence-corrected chi connectivity index (χ0v) is 16.2. The van der Waals surface area contributed by atoms with Gasteiger partial charge in [0.25, 0.3) is 0 Å². The first-order valence-electron chi connectivity index (χ1n) is 9.44. The molecule has 8 heteroatoms. The number of aryl methyl sites for hydroxylation is 1. The number of carbonyl (C=O) groups excluding carboxylic acids is 1. The maximum atomic E-state index is 13.1. The third kappa shape index (κ3) is 4.06. The van der Waals surface area contributed by atoms with Crippen LogP contribution in [-0.2, 0) is 4.79 Å². The predicted molar refractivity (Wildman–Crippen MR) is 110 cm³/mol. The second-order valence-electron chi connectivity index (χ2n) is 7.30. The van der Waals surface area contributed by atoms with Crippen molar-refractivity contribution in [1.29, 1.82) is 0 Å². The summed E-state index contributed by atoms with van der Waals surface area (Å²) in [4.78, 5) is 31.7. The summed E-state index contributed by atoms with van der Waals surface area (Å²) >= 11 is 0. The molecule has 1 fully saturated rings. The average Bonchev–Trinajstić information content (AvgIpc) is 3.13. The van der Waals surface area contributed by atoms with Gasteiger partial charge >= 0.3 is 0 Å². The van der Waals surface area contributed by atoms with Crippen LogP contribution in [0.1, 0.15) is 20.3 Å². The second-order valence-corrected chi connectivity index (χ2v) is 7.30. The molecule has 150 valence electrons. The Morgan fingerprint density at radius 1 is 1.21 bits per heavy atom. The highest BCUT2D eigenvalue weighted by atomic mass is 19.1. The lowest BCUT2D eigenvalue weighted by molar-refractivity contribution is -0.117. The number of halogens is 1. The van der Waals surface area contributed by atoms with Crippen molar-refractivity contribution in [3.63, 3.8) is 0 Å². The van der Waals surface area contributed by atoms with E-state index in [0.717, 1.165) is 36.5 Å². The summed E-state index contributed by atoms with van der Waals surface area (Å²) in [5, 5.41) is 2.99. The summed E-state index contributed by atoms with van der Waals surface area (Å²) in [6.45, 7) is 4.75. The van der Waals surface area contributed by atoms with E-state index in [2.05, 4.69) is 32.2 Å². The minimum absolute atomic E-state index is 0. The summed E-state index contributed by atoms with van der Waals surface area (Å²) < 4.78 is 13.1. The van der Waals surface area contributed by atoms with E-state index in [4.69, 9.17) is 0 Å². The van der Waals surface area contributed by atoms with Crippen molar-refractivity contribution in [2.45, 2.75) is 26.3 Å². The molecule has 1 aliphatic rings. The van der Waals surface area contributed by atoms with Crippen LogP contribution in [0.25, 0.3) is 11.4 Å². The number of amides is 1. The van der Waals surface area contributed by atoms with Gasteiger partial charge in [0.1, 0.15) is 6.04 Å². The molecule has 1 aliphatic heterocycles. The summed E-state index contributed by atoms with van der Waals surface area (Å²) in [7, 11) is 0. The summed E-state index contributed by atoms with van der Waals surface area (Å²) in [5.41, 5.74) is 2.31. The van der Waals surface area contributed by atoms with Gasteiger partial charge in [0.05, 0.1) is 12.4 Å². The van der Waals surface area contributed by atoms with Crippen LogP contribution in [0.15, 0.2) is 49.1 Å². The third-order valence-corrected chi connectivity index (χ3v) is 4.99. The Labute approximate surface area is 169 Å².